The van der Waals surface area contributed by atoms with Crippen LogP contribution in [0.25, 0.3) is 0 Å². The second-order valence-electron chi connectivity index (χ2n) is 4.94. The van der Waals surface area contributed by atoms with Gasteiger partial charge in [-0.25, -0.2) is 8.42 Å². The van der Waals surface area contributed by atoms with Gasteiger partial charge in [0, 0.05) is 11.0 Å². The van der Waals surface area contributed by atoms with Crippen LogP contribution in [0, 0.1) is 5.92 Å². The van der Waals surface area contributed by atoms with Crippen molar-refractivity contribution >= 4 is 31.9 Å². The lowest BCUT2D eigenvalue weighted by molar-refractivity contribution is -0.122. The molecule has 20 heavy (non-hydrogen) atoms. The molecule has 1 unspecified atom stereocenters. The quantitative estimate of drug-likeness (QED) is 0.811. The van der Waals surface area contributed by atoms with Crippen LogP contribution in [-0.2, 0) is 14.8 Å². The Hall–Kier alpha value is -0.920. The van der Waals surface area contributed by atoms with Crippen molar-refractivity contribution in [3.05, 3.63) is 28.7 Å². The summed E-state index contributed by atoms with van der Waals surface area (Å²) < 4.78 is 27.3. The van der Waals surface area contributed by atoms with Gasteiger partial charge in [-0.05, 0) is 37.1 Å². The van der Waals surface area contributed by atoms with Gasteiger partial charge in [0.2, 0.25) is 15.9 Å². The van der Waals surface area contributed by atoms with Crippen molar-refractivity contribution in [1.82, 2.24) is 10.0 Å². The Morgan fingerprint density at radius 1 is 1.20 bits per heavy atom. The molecule has 112 valence electrons. The number of halogens is 1. The van der Waals surface area contributed by atoms with Crippen molar-refractivity contribution in [3.8, 4) is 0 Å². The highest BCUT2D eigenvalue weighted by molar-refractivity contribution is 9.10. The number of hydrogen-bond acceptors (Lipinski definition) is 3. The highest BCUT2D eigenvalue weighted by Gasteiger charge is 2.21. The van der Waals surface area contributed by atoms with Crippen LogP contribution in [0.1, 0.15) is 20.8 Å². The molecule has 0 bridgehead atoms. The number of nitrogens with one attached hydrogen (secondary N) is 2. The summed E-state index contributed by atoms with van der Waals surface area (Å²) in [7, 11) is -3.69. The zero-order valence-electron chi connectivity index (χ0n) is 11.7. The van der Waals surface area contributed by atoms with E-state index in [1.54, 1.807) is 12.1 Å². The molecule has 0 aromatic heterocycles. The van der Waals surface area contributed by atoms with Crippen LogP contribution in [0.15, 0.2) is 33.6 Å². The zero-order chi connectivity index (χ0) is 15.3. The van der Waals surface area contributed by atoms with E-state index in [0.717, 1.165) is 4.47 Å². The molecule has 0 aliphatic carbocycles. The van der Waals surface area contributed by atoms with Crippen molar-refractivity contribution in [2.75, 3.05) is 6.54 Å². The highest BCUT2D eigenvalue weighted by atomic mass is 79.9. The molecule has 0 saturated carbocycles. The minimum absolute atomic E-state index is 0.129. The molecule has 0 aliphatic heterocycles. The summed E-state index contributed by atoms with van der Waals surface area (Å²) in [5.41, 5.74) is 0. The third kappa shape index (κ3) is 5.22. The third-order valence-electron chi connectivity index (χ3n) is 2.53. The van der Waals surface area contributed by atoms with Crippen LogP contribution in [-0.4, -0.2) is 26.9 Å². The third-order valence-corrected chi connectivity index (χ3v) is 4.62. The molecule has 0 saturated heterocycles. The van der Waals surface area contributed by atoms with E-state index in [1.807, 2.05) is 13.8 Å². The Bertz CT molecular complexity index is 555. The number of amides is 1. The number of carbonyl (C=O) groups excluding carboxylic acids is 1. The summed E-state index contributed by atoms with van der Waals surface area (Å²) in [6, 6.07) is 5.41. The van der Waals surface area contributed by atoms with Crippen LogP contribution in [0.3, 0.4) is 0 Å². The van der Waals surface area contributed by atoms with Crippen LogP contribution < -0.4 is 10.0 Å². The highest BCUT2D eigenvalue weighted by Crippen LogP contribution is 2.14. The molecule has 1 rings (SSSR count). The van der Waals surface area contributed by atoms with E-state index in [0.29, 0.717) is 12.5 Å². The van der Waals surface area contributed by atoms with Gasteiger partial charge in [-0.2, -0.15) is 4.72 Å². The minimum Gasteiger partial charge on any atom is -0.354 e. The lowest BCUT2D eigenvalue weighted by Gasteiger charge is -2.15. The molecule has 0 heterocycles. The Kier molecular flexibility index (Phi) is 6.16. The van der Waals surface area contributed by atoms with Gasteiger partial charge in [-0.1, -0.05) is 29.8 Å². The van der Waals surface area contributed by atoms with Crippen molar-refractivity contribution in [3.63, 3.8) is 0 Å². The van der Waals surface area contributed by atoms with E-state index >= 15 is 0 Å². The molecule has 1 aromatic rings. The lowest BCUT2D eigenvalue weighted by atomic mass is 10.2. The average molecular weight is 363 g/mol. The summed E-state index contributed by atoms with van der Waals surface area (Å²) >= 11 is 3.24. The maximum atomic E-state index is 12.1. The van der Waals surface area contributed by atoms with E-state index < -0.39 is 16.1 Å². The first-order chi connectivity index (χ1) is 9.22. The fourth-order valence-corrected chi connectivity index (χ4v) is 2.89. The van der Waals surface area contributed by atoms with Crippen molar-refractivity contribution in [2.45, 2.75) is 31.7 Å². The van der Waals surface area contributed by atoms with Gasteiger partial charge in [0.15, 0.2) is 0 Å². The first-order valence-corrected chi connectivity index (χ1v) is 8.55. The summed E-state index contributed by atoms with van der Waals surface area (Å²) in [5, 5.41) is 2.69. The molecule has 0 fully saturated rings. The summed E-state index contributed by atoms with van der Waals surface area (Å²) in [5.74, 6) is -0.0198. The molecule has 1 amide bonds. The SMILES string of the molecule is CC(C)CNC(=O)C(C)NS(=O)(=O)c1ccc(Br)cc1. The van der Waals surface area contributed by atoms with Crippen LogP contribution >= 0.6 is 15.9 Å². The van der Waals surface area contributed by atoms with Gasteiger partial charge in [-0.3, -0.25) is 4.79 Å². The van der Waals surface area contributed by atoms with Crippen molar-refractivity contribution < 1.29 is 13.2 Å². The smallest absolute Gasteiger partial charge is 0.241 e. The number of hydrogen-bond donors (Lipinski definition) is 2. The first kappa shape index (κ1) is 17.1. The molecule has 0 radical (unpaired) electrons. The van der Waals surface area contributed by atoms with Crippen LogP contribution in [0.4, 0.5) is 0 Å². The van der Waals surface area contributed by atoms with Crippen molar-refractivity contribution in [2.24, 2.45) is 5.92 Å². The Labute approximate surface area is 128 Å². The average Bonchev–Trinajstić information content (AvgIpc) is 2.35. The standard InChI is InChI=1S/C13H19BrN2O3S/c1-9(2)8-15-13(17)10(3)16-20(18,19)12-6-4-11(14)5-7-12/h4-7,9-10,16H,8H2,1-3H3,(H,15,17). The molecule has 5 nitrogen and oxygen atoms in total. The van der Waals surface area contributed by atoms with Crippen LogP contribution in [0.5, 0.6) is 0 Å². The molecular weight excluding hydrogens is 344 g/mol. The summed E-state index contributed by atoms with van der Waals surface area (Å²) in [6.45, 7) is 5.98. The lowest BCUT2D eigenvalue weighted by Crippen LogP contribution is -2.45. The van der Waals surface area contributed by atoms with E-state index in [2.05, 4.69) is 26.0 Å². The summed E-state index contributed by atoms with van der Waals surface area (Å²) in [6.07, 6.45) is 0. The molecule has 1 aromatic carbocycles. The summed E-state index contributed by atoms with van der Waals surface area (Å²) in [4.78, 5) is 11.9. The van der Waals surface area contributed by atoms with Crippen LogP contribution in [0.2, 0.25) is 0 Å². The molecule has 0 aliphatic rings. The van der Waals surface area contributed by atoms with Gasteiger partial charge in [0.1, 0.15) is 0 Å². The first-order valence-electron chi connectivity index (χ1n) is 6.28. The maximum Gasteiger partial charge on any atom is 0.241 e. The zero-order valence-corrected chi connectivity index (χ0v) is 14.1. The fourth-order valence-electron chi connectivity index (χ4n) is 1.43. The van der Waals surface area contributed by atoms with Crippen molar-refractivity contribution in [1.29, 1.82) is 0 Å². The van der Waals surface area contributed by atoms with Gasteiger partial charge in [0.25, 0.3) is 0 Å². The number of rotatable bonds is 6. The van der Waals surface area contributed by atoms with E-state index in [9.17, 15) is 13.2 Å². The van der Waals surface area contributed by atoms with E-state index in [-0.39, 0.29) is 10.8 Å². The number of benzene rings is 1. The number of sulfonamides is 1. The molecule has 7 heteroatoms. The normalized spacial score (nSPS) is 13.2. The second kappa shape index (κ2) is 7.19. The largest absolute Gasteiger partial charge is 0.354 e. The maximum absolute atomic E-state index is 12.1. The monoisotopic (exact) mass is 362 g/mol. The molecular formula is C13H19BrN2O3S. The predicted molar refractivity (Wildman–Crippen MR) is 81.8 cm³/mol. The van der Waals surface area contributed by atoms with Gasteiger partial charge < -0.3 is 5.32 Å². The molecule has 0 spiro atoms. The minimum atomic E-state index is -3.69. The van der Waals surface area contributed by atoms with Gasteiger partial charge in [0.05, 0.1) is 10.9 Å². The number of carbonyl (C=O) groups is 1. The Morgan fingerprint density at radius 2 is 1.75 bits per heavy atom. The topological polar surface area (TPSA) is 75.3 Å². The predicted octanol–water partition coefficient (Wildman–Crippen LogP) is 1.89. The molecule has 2 N–H and O–H groups in total. The Balaban J connectivity index is 2.70. The van der Waals surface area contributed by atoms with Gasteiger partial charge >= 0.3 is 0 Å². The fraction of sp³-hybridized carbons (Fsp3) is 0.462. The van der Waals surface area contributed by atoms with E-state index in [4.69, 9.17) is 0 Å². The van der Waals surface area contributed by atoms with E-state index in [1.165, 1.54) is 19.1 Å². The Morgan fingerprint density at radius 3 is 2.25 bits per heavy atom. The van der Waals surface area contributed by atoms with Gasteiger partial charge in [-0.15, -0.1) is 0 Å². The second-order valence-corrected chi connectivity index (χ2v) is 7.57. The molecule has 1 atom stereocenters.